The van der Waals surface area contributed by atoms with Gasteiger partial charge in [0.05, 0.1) is 12.2 Å². The van der Waals surface area contributed by atoms with Crippen LogP contribution in [-0.2, 0) is 0 Å². The van der Waals surface area contributed by atoms with Crippen LogP contribution in [0.4, 0.5) is 4.39 Å². The molecule has 2 rings (SSSR count). The van der Waals surface area contributed by atoms with Gasteiger partial charge in [-0.15, -0.1) is 0 Å². The molecule has 0 unspecified atom stereocenters. The molecular formula is C18H19FN2O2. The Balaban J connectivity index is 1.55. The summed E-state index contributed by atoms with van der Waals surface area (Å²) in [5.41, 5.74) is 0.541. The van der Waals surface area contributed by atoms with Gasteiger partial charge in [-0.3, -0.25) is 0 Å². The Morgan fingerprint density at radius 1 is 0.913 bits per heavy atom. The van der Waals surface area contributed by atoms with Crippen molar-refractivity contribution < 1.29 is 13.9 Å². The molecule has 0 saturated carbocycles. The fourth-order valence-electron chi connectivity index (χ4n) is 1.98. The predicted molar refractivity (Wildman–Crippen MR) is 86.0 cm³/mol. The van der Waals surface area contributed by atoms with Crippen molar-refractivity contribution in [3.63, 3.8) is 0 Å². The van der Waals surface area contributed by atoms with Gasteiger partial charge in [0.1, 0.15) is 18.4 Å². The standard InChI is InChI=1S/C18H19FN2O2/c19-16-7-2-4-9-18(16)23-13-11-21-10-5-12-22-17-8-3-1-6-15(17)14-20/h1-4,6-9,21H,5,10-13H2. The lowest BCUT2D eigenvalue weighted by molar-refractivity contribution is 0.287. The molecule has 0 fully saturated rings. The Labute approximate surface area is 135 Å². The van der Waals surface area contributed by atoms with Gasteiger partial charge in [-0.05, 0) is 37.2 Å². The molecular weight excluding hydrogens is 295 g/mol. The van der Waals surface area contributed by atoms with Crippen LogP contribution in [0.15, 0.2) is 48.5 Å². The number of nitrogens with one attached hydrogen (secondary N) is 1. The Morgan fingerprint density at radius 2 is 1.61 bits per heavy atom. The first-order valence-corrected chi connectivity index (χ1v) is 7.51. The Morgan fingerprint density at radius 3 is 2.39 bits per heavy atom. The van der Waals surface area contributed by atoms with Gasteiger partial charge in [0.15, 0.2) is 11.6 Å². The van der Waals surface area contributed by atoms with Crippen LogP contribution in [-0.4, -0.2) is 26.3 Å². The van der Waals surface area contributed by atoms with Gasteiger partial charge in [0.25, 0.3) is 0 Å². The molecule has 1 N–H and O–H groups in total. The molecule has 23 heavy (non-hydrogen) atoms. The first kappa shape index (κ1) is 16.8. The lowest BCUT2D eigenvalue weighted by atomic mass is 10.2. The average molecular weight is 314 g/mol. The third kappa shape index (κ3) is 5.61. The Kier molecular flexibility index (Phi) is 6.89. The molecule has 0 bridgehead atoms. The smallest absolute Gasteiger partial charge is 0.165 e. The summed E-state index contributed by atoms with van der Waals surface area (Å²) in [7, 11) is 0. The van der Waals surface area contributed by atoms with Gasteiger partial charge in [-0.25, -0.2) is 4.39 Å². The normalized spacial score (nSPS) is 10.1. The maximum absolute atomic E-state index is 13.3. The maximum atomic E-state index is 13.3. The highest BCUT2D eigenvalue weighted by molar-refractivity contribution is 5.42. The maximum Gasteiger partial charge on any atom is 0.165 e. The largest absolute Gasteiger partial charge is 0.492 e. The lowest BCUT2D eigenvalue weighted by Crippen LogP contribution is -2.23. The van der Waals surface area contributed by atoms with E-state index in [1.54, 1.807) is 30.3 Å². The van der Waals surface area contributed by atoms with Crippen molar-refractivity contribution in [1.29, 1.82) is 5.26 Å². The van der Waals surface area contributed by atoms with Gasteiger partial charge < -0.3 is 14.8 Å². The van der Waals surface area contributed by atoms with Gasteiger partial charge in [0, 0.05) is 6.54 Å². The summed E-state index contributed by atoms with van der Waals surface area (Å²) in [4.78, 5) is 0. The van der Waals surface area contributed by atoms with Crippen molar-refractivity contribution in [3.8, 4) is 17.6 Å². The molecule has 0 saturated heterocycles. The molecule has 0 atom stereocenters. The van der Waals surface area contributed by atoms with Crippen LogP contribution < -0.4 is 14.8 Å². The zero-order valence-electron chi connectivity index (χ0n) is 12.8. The fraction of sp³-hybridized carbons (Fsp3) is 0.278. The summed E-state index contributed by atoms with van der Waals surface area (Å²) in [6, 6.07) is 15.6. The quantitative estimate of drug-likeness (QED) is 0.723. The topological polar surface area (TPSA) is 54.3 Å². The summed E-state index contributed by atoms with van der Waals surface area (Å²) in [6.45, 7) is 2.32. The molecule has 0 aliphatic carbocycles. The fourth-order valence-corrected chi connectivity index (χ4v) is 1.98. The van der Waals surface area contributed by atoms with E-state index in [0.29, 0.717) is 31.1 Å². The third-order valence-corrected chi connectivity index (χ3v) is 3.14. The Bertz CT molecular complexity index is 655. The van der Waals surface area contributed by atoms with E-state index in [4.69, 9.17) is 14.7 Å². The second-order valence-corrected chi connectivity index (χ2v) is 4.84. The minimum absolute atomic E-state index is 0.269. The van der Waals surface area contributed by atoms with E-state index >= 15 is 0 Å². The van der Waals surface area contributed by atoms with Crippen molar-refractivity contribution in [3.05, 3.63) is 59.9 Å². The molecule has 120 valence electrons. The van der Waals surface area contributed by atoms with Gasteiger partial charge in [-0.1, -0.05) is 24.3 Å². The van der Waals surface area contributed by atoms with Crippen LogP contribution in [0.2, 0.25) is 0 Å². The van der Waals surface area contributed by atoms with E-state index in [-0.39, 0.29) is 11.6 Å². The molecule has 0 heterocycles. The van der Waals surface area contributed by atoms with Crippen LogP contribution in [0, 0.1) is 17.1 Å². The van der Waals surface area contributed by atoms with E-state index < -0.39 is 0 Å². The minimum Gasteiger partial charge on any atom is -0.492 e. The lowest BCUT2D eigenvalue weighted by Gasteiger charge is -2.09. The molecule has 5 heteroatoms. The number of ether oxygens (including phenoxy) is 2. The third-order valence-electron chi connectivity index (χ3n) is 3.14. The zero-order valence-corrected chi connectivity index (χ0v) is 12.8. The van der Waals surface area contributed by atoms with E-state index in [9.17, 15) is 4.39 Å². The molecule has 0 aliphatic rings. The number of nitriles is 1. The SMILES string of the molecule is N#Cc1ccccc1OCCCNCCOc1ccccc1F. The van der Waals surface area contributed by atoms with Crippen molar-refractivity contribution >= 4 is 0 Å². The van der Waals surface area contributed by atoms with Crippen LogP contribution in [0.25, 0.3) is 0 Å². The van der Waals surface area contributed by atoms with Crippen molar-refractivity contribution in [2.45, 2.75) is 6.42 Å². The number of hydrogen-bond acceptors (Lipinski definition) is 4. The number of para-hydroxylation sites is 2. The molecule has 2 aromatic rings. The summed E-state index contributed by atoms with van der Waals surface area (Å²) in [5, 5.41) is 12.1. The van der Waals surface area contributed by atoms with Gasteiger partial charge in [-0.2, -0.15) is 5.26 Å². The summed E-state index contributed by atoms with van der Waals surface area (Å²) in [5.74, 6) is 0.528. The molecule has 0 aromatic heterocycles. The van der Waals surface area contributed by atoms with E-state index in [1.165, 1.54) is 6.07 Å². The molecule has 0 amide bonds. The van der Waals surface area contributed by atoms with Crippen LogP contribution in [0.5, 0.6) is 11.5 Å². The summed E-state index contributed by atoms with van der Waals surface area (Å²) < 4.78 is 24.2. The monoisotopic (exact) mass is 314 g/mol. The van der Waals surface area contributed by atoms with E-state index in [0.717, 1.165) is 13.0 Å². The van der Waals surface area contributed by atoms with Gasteiger partial charge >= 0.3 is 0 Å². The average Bonchev–Trinajstić information content (AvgIpc) is 2.59. The van der Waals surface area contributed by atoms with E-state index in [1.807, 2.05) is 12.1 Å². The number of benzene rings is 2. The number of hydrogen-bond donors (Lipinski definition) is 1. The molecule has 0 spiro atoms. The van der Waals surface area contributed by atoms with Crippen molar-refractivity contribution in [2.24, 2.45) is 0 Å². The molecule has 0 radical (unpaired) electrons. The van der Waals surface area contributed by atoms with Crippen LogP contribution in [0.3, 0.4) is 0 Å². The van der Waals surface area contributed by atoms with Crippen LogP contribution in [0.1, 0.15) is 12.0 Å². The highest BCUT2D eigenvalue weighted by Crippen LogP contribution is 2.16. The molecule has 2 aromatic carbocycles. The Hall–Kier alpha value is -2.58. The predicted octanol–water partition coefficient (Wildman–Crippen LogP) is 3.13. The first-order chi connectivity index (χ1) is 11.3. The summed E-state index contributed by atoms with van der Waals surface area (Å²) >= 11 is 0. The molecule has 4 nitrogen and oxygen atoms in total. The number of halogens is 1. The number of nitrogens with zero attached hydrogens (tertiary/aromatic N) is 1. The highest BCUT2D eigenvalue weighted by atomic mass is 19.1. The van der Waals surface area contributed by atoms with Crippen LogP contribution >= 0.6 is 0 Å². The molecule has 0 aliphatic heterocycles. The van der Waals surface area contributed by atoms with Crippen molar-refractivity contribution in [1.82, 2.24) is 5.32 Å². The minimum atomic E-state index is -0.350. The van der Waals surface area contributed by atoms with Gasteiger partial charge in [0.2, 0.25) is 0 Å². The second kappa shape index (κ2) is 9.44. The summed E-state index contributed by atoms with van der Waals surface area (Å²) in [6.07, 6.45) is 0.805. The van der Waals surface area contributed by atoms with Crippen molar-refractivity contribution in [2.75, 3.05) is 26.3 Å². The zero-order chi connectivity index (χ0) is 16.3. The number of rotatable bonds is 9. The van der Waals surface area contributed by atoms with E-state index in [2.05, 4.69) is 11.4 Å². The highest BCUT2D eigenvalue weighted by Gasteiger charge is 2.02. The first-order valence-electron chi connectivity index (χ1n) is 7.51. The second-order valence-electron chi connectivity index (χ2n) is 4.84.